The van der Waals surface area contributed by atoms with Crippen LogP contribution in [0.5, 0.6) is 0 Å². The monoisotopic (exact) mass is 187 g/mol. The zero-order chi connectivity index (χ0) is 8.72. The Morgan fingerprint density at radius 1 is 1.67 bits per heavy atom. The maximum Gasteiger partial charge on any atom is 0.392 e. The fourth-order valence-corrected chi connectivity index (χ4v) is 1.27. The molecule has 1 aromatic rings. The number of halogens is 1. The van der Waals surface area contributed by atoms with Crippen LogP contribution in [-0.4, -0.2) is 16.1 Å². The standard InChI is InChI=1S/C7H6ClNO3/c8-5-4(3-1-2-3)12-6(9-5)7(10)11/h3H,1-2H2,(H,10,11). The van der Waals surface area contributed by atoms with Crippen molar-refractivity contribution in [2.75, 3.05) is 0 Å². The quantitative estimate of drug-likeness (QED) is 0.768. The predicted molar refractivity (Wildman–Crippen MR) is 40.4 cm³/mol. The van der Waals surface area contributed by atoms with Gasteiger partial charge in [-0.15, -0.1) is 0 Å². The predicted octanol–water partition coefficient (Wildman–Crippen LogP) is 1.90. The Hall–Kier alpha value is -1.03. The van der Waals surface area contributed by atoms with Gasteiger partial charge in [0.1, 0.15) is 5.76 Å². The third-order valence-electron chi connectivity index (χ3n) is 1.74. The van der Waals surface area contributed by atoms with Gasteiger partial charge in [-0.3, -0.25) is 0 Å². The normalized spacial score (nSPS) is 16.4. The second-order valence-electron chi connectivity index (χ2n) is 2.75. The molecule has 0 aliphatic heterocycles. The maximum absolute atomic E-state index is 10.4. The first-order chi connectivity index (χ1) is 5.68. The summed E-state index contributed by atoms with van der Waals surface area (Å²) in [6.07, 6.45) is 2.02. The van der Waals surface area contributed by atoms with E-state index < -0.39 is 5.97 Å². The summed E-state index contributed by atoms with van der Waals surface area (Å²) in [5.41, 5.74) is 0. The molecule has 4 nitrogen and oxygen atoms in total. The van der Waals surface area contributed by atoms with E-state index in [0.29, 0.717) is 5.76 Å². The average molecular weight is 188 g/mol. The number of aromatic nitrogens is 1. The minimum atomic E-state index is -1.18. The molecule has 1 aromatic heterocycles. The molecule has 0 aromatic carbocycles. The molecule has 1 heterocycles. The van der Waals surface area contributed by atoms with Crippen LogP contribution in [0.3, 0.4) is 0 Å². The lowest BCUT2D eigenvalue weighted by molar-refractivity contribution is 0.0651. The molecule has 0 bridgehead atoms. The highest BCUT2D eigenvalue weighted by Gasteiger charge is 2.31. The smallest absolute Gasteiger partial charge is 0.392 e. The summed E-state index contributed by atoms with van der Waals surface area (Å²) < 4.78 is 4.96. The van der Waals surface area contributed by atoms with E-state index in [2.05, 4.69) is 4.98 Å². The van der Waals surface area contributed by atoms with Crippen molar-refractivity contribution in [1.29, 1.82) is 0 Å². The molecule has 0 unspecified atom stereocenters. The third kappa shape index (κ3) is 1.18. The molecule has 1 aliphatic rings. The van der Waals surface area contributed by atoms with Crippen molar-refractivity contribution in [2.45, 2.75) is 18.8 Å². The minimum absolute atomic E-state index is 0.190. The zero-order valence-corrected chi connectivity index (χ0v) is 6.84. The fourth-order valence-electron chi connectivity index (χ4n) is 1.00. The first-order valence-corrected chi connectivity index (χ1v) is 3.96. The lowest BCUT2D eigenvalue weighted by atomic mass is 10.3. The van der Waals surface area contributed by atoms with Gasteiger partial charge in [0.15, 0.2) is 5.15 Å². The topological polar surface area (TPSA) is 63.3 Å². The second kappa shape index (κ2) is 2.48. The van der Waals surface area contributed by atoms with Gasteiger partial charge in [0.25, 0.3) is 0 Å². The van der Waals surface area contributed by atoms with Gasteiger partial charge < -0.3 is 9.52 Å². The number of nitrogens with zero attached hydrogens (tertiary/aromatic N) is 1. The van der Waals surface area contributed by atoms with Crippen molar-refractivity contribution in [3.8, 4) is 0 Å². The van der Waals surface area contributed by atoms with Crippen LogP contribution >= 0.6 is 11.6 Å². The summed E-state index contributed by atoms with van der Waals surface area (Å²) in [7, 11) is 0. The van der Waals surface area contributed by atoms with Crippen molar-refractivity contribution in [1.82, 2.24) is 4.98 Å². The Kier molecular flexibility index (Phi) is 1.58. The molecule has 5 heteroatoms. The van der Waals surface area contributed by atoms with Gasteiger partial charge in [-0.05, 0) is 12.8 Å². The van der Waals surface area contributed by atoms with Crippen LogP contribution in [-0.2, 0) is 0 Å². The Balaban J connectivity index is 2.36. The summed E-state index contributed by atoms with van der Waals surface area (Å²) >= 11 is 5.66. The van der Waals surface area contributed by atoms with E-state index >= 15 is 0 Å². The lowest BCUT2D eigenvalue weighted by Crippen LogP contribution is -1.94. The summed E-state index contributed by atoms with van der Waals surface area (Å²) in [5.74, 6) is -0.683. The van der Waals surface area contributed by atoms with Crippen LogP contribution in [0.25, 0.3) is 0 Å². The Labute approximate surface area is 73.2 Å². The number of aromatic carboxylic acids is 1. The molecule has 1 saturated carbocycles. The van der Waals surface area contributed by atoms with E-state index in [0.717, 1.165) is 12.8 Å². The highest BCUT2D eigenvalue weighted by molar-refractivity contribution is 6.30. The SMILES string of the molecule is O=C(O)c1nc(Cl)c(C2CC2)o1. The van der Waals surface area contributed by atoms with Crippen LogP contribution in [0.2, 0.25) is 5.15 Å². The van der Waals surface area contributed by atoms with Crippen molar-refractivity contribution in [2.24, 2.45) is 0 Å². The van der Waals surface area contributed by atoms with Crippen LogP contribution in [0.4, 0.5) is 0 Å². The van der Waals surface area contributed by atoms with E-state index in [9.17, 15) is 4.79 Å². The highest BCUT2D eigenvalue weighted by atomic mass is 35.5. The molecule has 0 saturated heterocycles. The number of carbonyl (C=O) groups is 1. The number of carboxylic acids is 1. The number of carboxylic acid groups (broad SMARTS) is 1. The van der Waals surface area contributed by atoms with Gasteiger partial charge in [0.2, 0.25) is 0 Å². The lowest BCUT2D eigenvalue weighted by Gasteiger charge is -1.86. The van der Waals surface area contributed by atoms with Gasteiger partial charge in [-0.1, -0.05) is 11.6 Å². The molecule has 64 valence electrons. The van der Waals surface area contributed by atoms with E-state index in [4.69, 9.17) is 21.1 Å². The number of oxazole rings is 1. The number of rotatable bonds is 2. The molecule has 0 spiro atoms. The van der Waals surface area contributed by atoms with E-state index in [1.54, 1.807) is 0 Å². The second-order valence-corrected chi connectivity index (χ2v) is 3.11. The molecule has 0 radical (unpaired) electrons. The van der Waals surface area contributed by atoms with Crippen LogP contribution in [0, 0.1) is 0 Å². The zero-order valence-electron chi connectivity index (χ0n) is 6.08. The van der Waals surface area contributed by atoms with Gasteiger partial charge >= 0.3 is 11.9 Å². The fraction of sp³-hybridized carbons (Fsp3) is 0.429. The summed E-state index contributed by atoms with van der Waals surface area (Å²) in [6.45, 7) is 0. The van der Waals surface area contributed by atoms with Crippen molar-refractivity contribution >= 4 is 17.6 Å². The first-order valence-electron chi connectivity index (χ1n) is 3.58. The van der Waals surface area contributed by atoms with Crippen molar-refractivity contribution in [3.63, 3.8) is 0 Å². The number of hydrogen-bond acceptors (Lipinski definition) is 3. The van der Waals surface area contributed by atoms with E-state index in [1.165, 1.54) is 0 Å². The van der Waals surface area contributed by atoms with E-state index in [-0.39, 0.29) is 17.0 Å². The molecular weight excluding hydrogens is 182 g/mol. The molecule has 0 atom stereocenters. The van der Waals surface area contributed by atoms with Crippen molar-refractivity contribution in [3.05, 3.63) is 16.8 Å². The molecule has 1 aliphatic carbocycles. The summed E-state index contributed by atoms with van der Waals surface area (Å²) in [4.78, 5) is 14.0. The number of hydrogen-bond donors (Lipinski definition) is 1. The molecule has 0 amide bonds. The Bertz CT molecular complexity index is 329. The van der Waals surface area contributed by atoms with Gasteiger partial charge in [-0.25, -0.2) is 4.79 Å². The van der Waals surface area contributed by atoms with Crippen LogP contribution in [0.1, 0.15) is 35.2 Å². The van der Waals surface area contributed by atoms with Crippen molar-refractivity contribution < 1.29 is 14.3 Å². The highest BCUT2D eigenvalue weighted by Crippen LogP contribution is 2.43. The molecular formula is C7H6ClNO3. The van der Waals surface area contributed by atoms with E-state index in [1.807, 2.05) is 0 Å². The minimum Gasteiger partial charge on any atom is -0.474 e. The molecule has 1 N–H and O–H groups in total. The van der Waals surface area contributed by atoms with Gasteiger partial charge in [-0.2, -0.15) is 4.98 Å². The summed E-state index contributed by atoms with van der Waals surface area (Å²) in [5, 5.41) is 8.70. The Morgan fingerprint density at radius 2 is 2.33 bits per heavy atom. The largest absolute Gasteiger partial charge is 0.474 e. The van der Waals surface area contributed by atoms with Gasteiger partial charge in [0, 0.05) is 5.92 Å². The maximum atomic E-state index is 10.4. The molecule has 1 fully saturated rings. The average Bonchev–Trinajstić information content (AvgIpc) is 2.75. The molecule has 2 rings (SSSR count). The van der Waals surface area contributed by atoms with Crippen LogP contribution in [0.15, 0.2) is 4.42 Å². The Morgan fingerprint density at radius 3 is 2.75 bits per heavy atom. The molecule has 12 heavy (non-hydrogen) atoms. The first kappa shape index (κ1) is 7.61. The summed E-state index contributed by atoms with van der Waals surface area (Å²) in [6, 6.07) is 0. The third-order valence-corrected chi connectivity index (χ3v) is 2.01. The van der Waals surface area contributed by atoms with Gasteiger partial charge in [0.05, 0.1) is 0 Å². The van der Waals surface area contributed by atoms with Crippen LogP contribution < -0.4 is 0 Å².